The highest BCUT2D eigenvalue weighted by molar-refractivity contribution is 6.06. The van der Waals surface area contributed by atoms with Crippen molar-refractivity contribution in [1.82, 2.24) is 5.32 Å². The van der Waals surface area contributed by atoms with Gasteiger partial charge in [-0.05, 0) is 32.0 Å². The molecule has 0 radical (unpaired) electrons. The molecule has 0 spiro atoms. The summed E-state index contributed by atoms with van der Waals surface area (Å²) in [5, 5.41) is 5.44. The number of anilines is 1. The average Bonchev–Trinajstić information content (AvgIpc) is 2.80. The fraction of sp³-hybridized carbons (Fsp3) is 0.318. The third-order valence-corrected chi connectivity index (χ3v) is 5.09. The zero-order chi connectivity index (χ0) is 24.3. The standard InChI is InChI=1S/C22H22N2O9/c1-10-17(20(27)30-3)19(18(11(2)23-10)21(28)31-4)22(29)33-8-14(25)12-5-6-15-13(7-12)24-16(26)9-32-15/h5-7,19,23H,8-9H2,1-4H3,(H,24,26). The molecular formula is C22H22N2O9. The quantitative estimate of drug-likeness (QED) is 0.357. The lowest BCUT2D eigenvalue weighted by Gasteiger charge is -2.28. The zero-order valence-electron chi connectivity index (χ0n) is 18.4. The van der Waals surface area contributed by atoms with Crippen LogP contribution in [-0.4, -0.2) is 57.0 Å². The van der Waals surface area contributed by atoms with Crippen molar-refractivity contribution >= 4 is 35.3 Å². The molecule has 11 heteroatoms. The van der Waals surface area contributed by atoms with Gasteiger partial charge in [-0.2, -0.15) is 0 Å². The third-order valence-electron chi connectivity index (χ3n) is 5.09. The van der Waals surface area contributed by atoms with Gasteiger partial charge in [0.05, 0.1) is 31.1 Å². The number of nitrogens with one attached hydrogen (secondary N) is 2. The summed E-state index contributed by atoms with van der Waals surface area (Å²) in [5.41, 5.74) is 0.818. The highest BCUT2D eigenvalue weighted by atomic mass is 16.5. The fourth-order valence-corrected chi connectivity index (χ4v) is 3.55. The van der Waals surface area contributed by atoms with Crippen molar-refractivity contribution in [2.45, 2.75) is 13.8 Å². The predicted molar refractivity (Wildman–Crippen MR) is 112 cm³/mol. The van der Waals surface area contributed by atoms with Crippen LogP contribution in [0.2, 0.25) is 0 Å². The number of Topliss-reactive ketones (excluding diaryl/α,β-unsaturated/α-hetero) is 1. The largest absolute Gasteiger partial charge is 0.482 e. The minimum Gasteiger partial charge on any atom is -0.482 e. The Kier molecular flexibility index (Phi) is 6.80. The topological polar surface area (TPSA) is 146 Å². The molecule has 3 rings (SSSR count). The van der Waals surface area contributed by atoms with Gasteiger partial charge in [-0.1, -0.05) is 0 Å². The van der Waals surface area contributed by atoms with Gasteiger partial charge in [-0.25, -0.2) is 9.59 Å². The molecule has 33 heavy (non-hydrogen) atoms. The summed E-state index contributed by atoms with van der Waals surface area (Å²) in [6.07, 6.45) is 0. The van der Waals surface area contributed by atoms with Gasteiger partial charge in [0.1, 0.15) is 11.7 Å². The molecule has 0 fully saturated rings. The number of dihydropyridines is 1. The number of methoxy groups -OCH3 is 2. The number of amides is 1. The van der Waals surface area contributed by atoms with Gasteiger partial charge < -0.3 is 29.6 Å². The Morgan fingerprint density at radius 1 is 1.00 bits per heavy atom. The SMILES string of the molecule is COC(=O)C1=C(C)NC(C)=C(C(=O)OC)C1C(=O)OCC(=O)c1ccc2c(c1)NC(=O)CO2. The molecule has 2 heterocycles. The van der Waals surface area contributed by atoms with Gasteiger partial charge >= 0.3 is 17.9 Å². The molecule has 1 aromatic rings. The average molecular weight is 458 g/mol. The van der Waals surface area contributed by atoms with E-state index < -0.39 is 36.2 Å². The Labute approximate surface area is 188 Å². The Balaban J connectivity index is 1.83. The van der Waals surface area contributed by atoms with Gasteiger partial charge in [-0.3, -0.25) is 14.4 Å². The molecule has 2 N–H and O–H groups in total. The van der Waals surface area contributed by atoms with Crippen LogP contribution < -0.4 is 15.4 Å². The van der Waals surface area contributed by atoms with Crippen molar-refractivity contribution in [3.05, 3.63) is 46.3 Å². The maximum absolute atomic E-state index is 13.0. The summed E-state index contributed by atoms with van der Waals surface area (Å²) >= 11 is 0. The van der Waals surface area contributed by atoms with Crippen LogP contribution in [0.25, 0.3) is 0 Å². The second-order valence-electron chi connectivity index (χ2n) is 7.20. The lowest BCUT2D eigenvalue weighted by atomic mass is 9.85. The molecule has 2 aliphatic rings. The minimum absolute atomic E-state index is 0.126. The van der Waals surface area contributed by atoms with Crippen molar-refractivity contribution in [2.75, 3.05) is 32.8 Å². The number of ketones is 1. The molecule has 174 valence electrons. The predicted octanol–water partition coefficient (Wildman–Crippen LogP) is 0.857. The van der Waals surface area contributed by atoms with Crippen LogP contribution in [0.15, 0.2) is 40.7 Å². The van der Waals surface area contributed by atoms with Gasteiger partial charge in [0.15, 0.2) is 19.0 Å². The number of carbonyl (C=O) groups excluding carboxylic acids is 5. The van der Waals surface area contributed by atoms with E-state index in [4.69, 9.17) is 18.9 Å². The van der Waals surface area contributed by atoms with E-state index in [0.29, 0.717) is 22.8 Å². The molecule has 0 unspecified atom stereocenters. The third kappa shape index (κ3) is 4.71. The van der Waals surface area contributed by atoms with Crippen molar-refractivity contribution in [3.63, 3.8) is 0 Å². The summed E-state index contributed by atoms with van der Waals surface area (Å²) < 4.78 is 20.0. The molecule has 0 aliphatic carbocycles. The molecule has 1 aromatic carbocycles. The van der Waals surface area contributed by atoms with E-state index in [1.165, 1.54) is 18.2 Å². The van der Waals surface area contributed by atoms with Crippen molar-refractivity contribution in [1.29, 1.82) is 0 Å². The van der Waals surface area contributed by atoms with Gasteiger partial charge in [-0.15, -0.1) is 0 Å². The smallest absolute Gasteiger partial charge is 0.336 e. The lowest BCUT2D eigenvalue weighted by molar-refractivity contribution is -0.150. The molecule has 0 atom stereocenters. The first-order valence-corrected chi connectivity index (χ1v) is 9.79. The van der Waals surface area contributed by atoms with Gasteiger partial charge in [0.2, 0.25) is 0 Å². The number of esters is 3. The summed E-state index contributed by atoms with van der Waals surface area (Å²) in [5.74, 6) is -4.65. The second-order valence-corrected chi connectivity index (χ2v) is 7.20. The number of rotatable bonds is 6. The second kappa shape index (κ2) is 9.55. The van der Waals surface area contributed by atoms with Crippen LogP contribution in [0.5, 0.6) is 5.75 Å². The molecule has 11 nitrogen and oxygen atoms in total. The number of carbonyl (C=O) groups is 5. The van der Waals surface area contributed by atoms with E-state index >= 15 is 0 Å². The zero-order valence-corrected chi connectivity index (χ0v) is 18.4. The molecule has 1 amide bonds. The molecule has 0 saturated carbocycles. The summed E-state index contributed by atoms with van der Waals surface area (Å²) in [7, 11) is 2.27. The molecular weight excluding hydrogens is 436 g/mol. The number of hydrogen-bond acceptors (Lipinski definition) is 10. The Bertz CT molecular complexity index is 1080. The normalized spacial score (nSPS) is 15.6. The first-order valence-electron chi connectivity index (χ1n) is 9.79. The fourth-order valence-electron chi connectivity index (χ4n) is 3.55. The summed E-state index contributed by atoms with van der Waals surface area (Å²) in [6, 6.07) is 4.38. The van der Waals surface area contributed by atoms with Crippen LogP contribution in [0.1, 0.15) is 24.2 Å². The number of ether oxygens (including phenoxy) is 4. The molecule has 0 bridgehead atoms. The van der Waals surface area contributed by atoms with E-state index in [0.717, 1.165) is 14.2 Å². The number of hydrogen-bond donors (Lipinski definition) is 2. The monoisotopic (exact) mass is 458 g/mol. The van der Waals surface area contributed by atoms with E-state index in [1.807, 2.05) is 0 Å². The van der Waals surface area contributed by atoms with Crippen molar-refractivity contribution < 1.29 is 42.9 Å². The number of fused-ring (bicyclic) bond motifs is 1. The van der Waals surface area contributed by atoms with E-state index in [-0.39, 0.29) is 29.2 Å². The van der Waals surface area contributed by atoms with E-state index in [1.54, 1.807) is 13.8 Å². The Hall–Kier alpha value is -4.15. The number of allylic oxidation sites excluding steroid dienone is 2. The maximum atomic E-state index is 13.0. The van der Waals surface area contributed by atoms with Crippen molar-refractivity contribution in [3.8, 4) is 5.75 Å². The highest BCUT2D eigenvalue weighted by Crippen LogP contribution is 2.33. The molecule has 0 saturated heterocycles. The molecule has 0 aromatic heterocycles. The van der Waals surface area contributed by atoms with Crippen LogP contribution in [0, 0.1) is 5.92 Å². The highest BCUT2D eigenvalue weighted by Gasteiger charge is 2.42. The molecule has 2 aliphatic heterocycles. The lowest BCUT2D eigenvalue weighted by Crippen LogP contribution is -2.38. The maximum Gasteiger partial charge on any atom is 0.336 e. The van der Waals surface area contributed by atoms with Crippen LogP contribution in [0.3, 0.4) is 0 Å². The van der Waals surface area contributed by atoms with Crippen LogP contribution >= 0.6 is 0 Å². The van der Waals surface area contributed by atoms with Crippen LogP contribution in [0.4, 0.5) is 5.69 Å². The first kappa shape index (κ1) is 23.5. The van der Waals surface area contributed by atoms with Crippen LogP contribution in [-0.2, 0) is 33.4 Å². The number of benzene rings is 1. The van der Waals surface area contributed by atoms with Crippen molar-refractivity contribution in [2.24, 2.45) is 5.92 Å². The Morgan fingerprint density at radius 3 is 2.18 bits per heavy atom. The summed E-state index contributed by atoms with van der Waals surface area (Å²) in [4.78, 5) is 61.8. The first-order chi connectivity index (χ1) is 15.7. The van der Waals surface area contributed by atoms with E-state index in [9.17, 15) is 24.0 Å². The van der Waals surface area contributed by atoms with Gasteiger partial charge in [0.25, 0.3) is 5.91 Å². The summed E-state index contributed by atoms with van der Waals surface area (Å²) in [6.45, 7) is 2.29. The minimum atomic E-state index is -1.45. The van der Waals surface area contributed by atoms with Gasteiger partial charge in [0, 0.05) is 17.0 Å². The Morgan fingerprint density at radius 2 is 1.61 bits per heavy atom. The van der Waals surface area contributed by atoms with E-state index in [2.05, 4.69) is 10.6 Å².